The summed E-state index contributed by atoms with van der Waals surface area (Å²) >= 11 is 0. The van der Waals surface area contributed by atoms with E-state index in [1.807, 2.05) is 17.0 Å². The van der Waals surface area contributed by atoms with Gasteiger partial charge in [0.25, 0.3) is 0 Å². The molecule has 1 saturated heterocycles. The van der Waals surface area contributed by atoms with Gasteiger partial charge in [-0.3, -0.25) is 4.79 Å². The zero-order valence-electron chi connectivity index (χ0n) is 15.8. The summed E-state index contributed by atoms with van der Waals surface area (Å²) < 4.78 is 33.8. The molecular formula is C21H23NO5S. The highest BCUT2D eigenvalue weighted by atomic mass is 32.2. The molecule has 7 heteroatoms. The van der Waals surface area contributed by atoms with Crippen LogP contribution < -0.4 is 9.47 Å². The van der Waals surface area contributed by atoms with Crippen LogP contribution in [0, 0.1) is 0 Å². The van der Waals surface area contributed by atoms with Gasteiger partial charge >= 0.3 is 0 Å². The van der Waals surface area contributed by atoms with E-state index in [4.69, 9.17) is 9.47 Å². The third kappa shape index (κ3) is 3.99. The molecule has 0 spiro atoms. The van der Waals surface area contributed by atoms with E-state index in [1.54, 1.807) is 24.3 Å². The second-order valence-corrected chi connectivity index (χ2v) is 9.37. The largest absolute Gasteiger partial charge is 0.454 e. The van der Waals surface area contributed by atoms with Crippen molar-refractivity contribution in [2.75, 3.05) is 26.1 Å². The molecule has 6 nitrogen and oxygen atoms in total. The van der Waals surface area contributed by atoms with Crippen LogP contribution in [0.4, 0.5) is 0 Å². The third-order valence-electron chi connectivity index (χ3n) is 5.39. The van der Waals surface area contributed by atoms with Crippen molar-refractivity contribution in [2.24, 2.45) is 0 Å². The van der Waals surface area contributed by atoms with E-state index in [0.717, 1.165) is 30.0 Å². The van der Waals surface area contributed by atoms with E-state index in [2.05, 4.69) is 6.07 Å². The van der Waals surface area contributed by atoms with Gasteiger partial charge in [0.05, 0.1) is 4.90 Å². The van der Waals surface area contributed by atoms with Gasteiger partial charge in [-0.2, -0.15) is 0 Å². The minimum absolute atomic E-state index is 0.135. The minimum Gasteiger partial charge on any atom is -0.454 e. The van der Waals surface area contributed by atoms with E-state index in [-0.39, 0.29) is 12.7 Å². The van der Waals surface area contributed by atoms with Gasteiger partial charge in [-0.25, -0.2) is 8.42 Å². The van der Waals surface area contributed by atoms with Crippen molar-refractivity contribution in [3.05, 3.63) is 53.6 Å². The van der Waals surface area contributed by atoms with Crippen molar-refractivity contribution in [3.8, 4) is 11.5 Å². The van der Waals surface area contributed by atoms with Crippen LogP contribution >= 0.6 is 0 Å². The highest BCUT2D eigenvalue weighted by Gasteiger charge is 2.28. The molecule has 28 heavy (non-hydrogen) atoms. The molecule has 0 bridgehead atoms. The van der Waals surface area contributed by atoms with Gasteiger partial charge in [-0.05, 0) is 48.2 Å². The zero-order chi connectivity index (χ0) is 19.7. The highest BCUT2D eigenvalue weighted by Crippen LogP contribution is 2.37. The van der Waals surface area contributed by atoms with Crippen molar-refractivity contribution >= 4 is 15.7 Å². The summed E-state index contributed by atoms with van der Waals surface area (Å²) in [5.74, 6) is 2.00. The first kappa shape index (κ1) is 18.8. The number of fused-ring (bicyclic) bond motifs is 1. The molecule has 4 rings (SSSR count). The smallest absolute Gasteiger partial charge is 0.231 e. The first-order chi connectivity index (χ1) is 13.4. The summed E-state index contributed by atoms with van der Waals surface area (Å²) in [7, 11) is -3.19. The van der Waals surface area contributed by atoms with E-state index >= 15 is 0 Å². The fraction of sp³-hybridized carbons (Fsp3) is 0.381. The number of hydrogen-bond donors (Lipinski definition) is 0. The molecule has 2 aliphatic rings. The second kappa shape index (κ2) is 7.47. The number of carbonyl (C=O) groups excluding carboxylic acids is 1. The highest BCUT2D eigenvalue weighted by molar-refractivity contribution is 7.90. The molecule has 2 aromatic rings. The van der Waals surface area contributed by atoms with Gasteiger partial charge < -0.3 is 14.4 Å². The summed E-state index contributed by atoms with van der Waals surface area (Å²) in [4.78, 5) is 14.8. The summed E-state index contributed by atoms with van der Waals surface area (Å²) in [5, 5.41) is 0. The lowest BCUT2D eigenvalue weighted by Crippen LogP contribution is -2.28. The predicted molar refractivity (Wildman–Crippen MR) is 104 cm³/mol. The second-order valence-electron chi connectivity index (χ2n) is 7.35. The standard InChI is InChI=1S/C21H23NO5S/c1-28(24,25)18-6-2-15(3-7-18)4-9-21(23)22-11-10-17(13-22)16-5-8-19-20(12-16)27-14-26-19/h2-3,5-8,12,17H,4,9-11,13-14H2,1H3/t17-/m0/s1. The maximum absolute atomic E-state index is 12.6. The lowest BCUT2D eigenvalue weighted by molar-refractivity contribution is -0.130. The van der Waals surface area contributed by atoms with Gasteiger partial charge in [0.15, 0.2) is 21.3 Å². The van der Waals surface area contributed by atoms with Crippen molar-refractivity contribution in [1.82, 2.24) is 4.90 Å². The van der Waals surface area contributed by atoms with Crippen molar-refractivity contribution in [2.45, 2.75) is 30.1 Å². The molecule has 0 saturated carbocycles. The maximum Gasteiger partial charge on any atom is 0.231 e. The Bertz CT molecular complexity index is 984. The van der Waals surface area contributed by atoms with Crippen LogP contribution in [0.5, 0.6) is 11.5 Å². The fourth-order valence-electron chi connectivity index (χ4n) is 3.74. The van der Waals surface area contributed by atoms with E-state index in [0.29, 0.717) is 30.2 Å². The average Bonchev–Trinajstić information content (AvgIpc) is 3.34. The van der Waals surface area contributed by atoms with Crippen molar-refractivity contribution in [3.63, 3.8) is 0 Å². The van der Waals surface area contributed by atoms with Gasteiger partial charge in [-0.1, -0.05) is 18.2 Å². The third-order valence-corrected chi connectivity index (χ3v) is 6.52. The Balaban J connectivity index is 1.32. The average molecular weight is 401 g/mol. The molecule has 0 aromatic heterocycles. The van der Waals surface area contributed by atoms with Gasteiger partial charge in [0.1, 0.15) is 0 Å². The SMILES string of the molecule is CS(=O)(=O)c1ccc(CCC(=O)N2CC[C@H](c3ccc4c(c3)OCO4)C2)cc1. The van der Waals surface area contributed by atoms with Gasteiger partial charge in [-0.15, -0.1) is 0 Å². The summed E-state index contributed by atoms with van der Waals surface area (Å²) in [6.45, 7) is 1.73. The Morgan fingerprint density at radius 2 is 1.86 bits per heavy atom. The first-order valence-electron chi connectivity index (χ1n) is 9.36. The van der Waals surface area contributed by atoms with Gasteiger partial charge in [0.2, 0.25) is 12.7 Å². The van der Waals surface area contributed by atoms with Crippen LogP contribution in [0.15, 0.2) is 47.4 Å². The molecule has 2 heterocycles. The van der Waals surface area contributed by atoms with Crippen LogP contribution in [0.25, 0.3) is 0 Å². The number of hydrogen-bond acceptors (Lipinski definition) is 5. The number of rotatable bonds is 5. The summed E-state index contributed by atoms with van der Waals surface area (Å²) in [6.07, 6.45) is 3.16. The molecule has 1 fully saturated rings. The van der Waals surface area contributed by atoms with Crippen LogP contribution in [0.1, 0.15) is 29.9 Å². The lowest BCUT2D eigenvalue weighted by atomic mass is 9.98. The molecule has 0 radical (unpaired) electrons. The monoisotopic (exact) mass is 401 g/mol. The molecule has 0 N–H and O–H groups in total. The van der Waals surface area contributed by atoms with Gasteiger partial charge in [0, 0.05) is 31.7 Å². The molecule has 2 aliphatic heterocycles. The fourth-order valence-corrected chi connectivity index (χ4v) is 4.37. The quantitative estimate of drug-likeness (QED) is 0.770. The van der Waals surface area contributed by atoms with E-state index < -0.39 is 9.84 Å². The first-order valence-corrected chi connectivity index (χ1v) is 11.3. The number of sulfone groups is 1. The molecule has 1 atom stereocenters. The van der Waals surface area contributed by atoms with E-state index in [1.165, 1.54) is 11.8 Å². The molecule has 0 aliphatic carbocycles. The Morgan fingerprint density at radius 1 is 1.11 bits per heavy atom. The van der Waals surface area contributed by atoms with Crippen LogP contribution in [-0.4, -0.2) is 45.4 Å². The Labute approximate surface area is 165 Å². The maximum atomic E-state index is 12.6. The number of carbonyl (C=O) groups is 1. The number of ether oxygens (including phenoxy) is 2. The molecule has 1 amide bonds. The summed E-state index contributed by atoms with van der Waals surface area (Å²) in [6, 6.07) is 12.8. The Morgan fingerprint density at radius 3 is 2.61 bits per heavy atom. The zero-order valence-corrected chi connectivity index (χ0v) is 16.6. The topological polar surface area (TPSA) is 72.9 Å². The number of amides is 1. The van der Waals surface area contributed by atoms with Crippen LogP contribution in [0.2, 0.25) is 0 Å². The number of aryl methyl sites for hydroxylation is 1. The predicted octanol–water partition coefficient (Wildman–Crippen LogP) is 2.77. The lowest BCUT2D eigenvalue weighted by Gasteiger charge is -2.17. The number of nitrogens with zero attached hydrogens (tertiary/aromatic N) is 1. The summed E-state index contributed by atoms with van der Waals surface area (Å²) in [5.41, 5.74) is 2.14. The molecular weight excluding hydrogens is 378 g/mol. The van der Waals surface area contributed by atoms with Crippen LogP contribution in [0.3, 0.4) is 0 Å². The van der Waals surface area contributed by atoms with Crippen molar-refractivity contribution in [1.29, 1.82) is 0 Å². The molecule has 148 valence electrons. The number of benzene rings is 2. The van der Waals surface area contributed by atoms with Crippen LogP contribution in [-0.2, 0) is 21.1 Å². The Hall–Kier alpha value is -2.54. The normalized spacial score (nSPS) is 18.5. The van der Waals surface area contributed by atoms with E-state index in [9.17, 15) is 13.2 Å². The minimum atomic E-state index is -3.19. The molecule has 0 unspecified atom stereocenters. The molecule has 2 aromatic carbocycles. The Kier molecular flexibility index (Phi) is 5.02. The van der Waals surface area contributed by atoms with Crippen molar-refractivity contribution < 1.29 is 22.7 Å². The number of likely N-dealkylation sites (tertiary alicyclic amines) is 1.